The third-order valence-corrected chi connectivity index (χ3v) is 6.84. The fraction of sp³-hybridized carbons (Fsp3) is 0.389. The molecule has 27 heavy (non-hydrogen) atoms. The van der Waals surface area contributed by atoms with E-state index in [4.69, 9.17) is 0 Å². The molecule has 9 heteroatoms. The number of benzene rings is 1. The quantitative estimate of drug-likeness (QED) is 0.259. The highest BCUT2D eigenvalue weighted by atomic mass is 79.9. The van der Waals surface area contributed by atoms with Crippen LogP contribution in [0.4, 0.5) is 5.69 Å². The standard InChI is InChI=1S/C18H14BrN3O5/c19-13-4-8(22(26)27)3-7(16(13)23)6-20-21-17(24)14-9-1-2-10(12-5-11(9)12)15(14)18(21)25/h1-4,6,9-12,14-15,23H,5H2/b20-6-/t9-,10-,11-,12+,14-,15+/m1/s1. The Kier molecular flexibility index (Phi) is 3.37. The predicted octanol–water partition coefficient (Wildman–Crippen LogP) is 2.45. The Balaban J connectivity index is 1.47. The molecule has 6 rings (SSSR count). The van der Waals surface area contributed by atoms with Crippen molar-refractivity contribution in [3.8, 4) is 5.75 Å². The van der Waals surface area contributed by atoms with Gasteiger partial charge in [-0.05, 0) is 46.0 Å². The first-order valence-corrected chi connectivity index (χ1v) is 9.45. The van der Waals surface area contributed by atoms with E-state index in [-0.39, 0.29) is 57.0 Å². The smallest absolute Gasteiger partial charge is 0.271 e. The van der Waals surface area contributed by atoms with Crippen molar-refractivity contribution >= 4 is 39.6 Å². The summed E-state index contributed by atoms with van der Waals surface area (Å²) >= 11 is 3.06. The summed E-state index contributed by atoms with van der Waals surface area (Å²) in [5.74, 6) is -0.423. The van der Waals surface area contributed by atoms with Crippen LogP contribution in [0.15, 0.2) is 33.9 Å². The van der Waals surface area contributed by atoms with E-state index in [0.29, 0.717) is 11.8 Å². The minimum Gasteiger partial charge on any atom is -0.506 e. The lowest BCUT2D eigenvalue weighted by Crippen LogP contribution is -2.40. The summed E-state index contributed by atoms with van der Waals surface area (Å²) in [5.41, 5.74) is -0.188. The number of carbonyl (C=O) groups is 2. The number of hydrogen-bond donors (Lipinski definition) is 1. The van der Waals surface area contributed by atoms with Crippen LogP contribution in [0.1, 0.15) is 12.0 Å². The second-order valence-electron chi connectivity index (χ2n) is 7.51. The van der Waals surface area contributed by atoms with Gasteiger partial charge in [0.2, 0.25) is 0 Å². The topological polar surface area (TPSA) is 113 Å². The van der Waals surface area contributed by atoms with E-state index in [1.807, 2.05) is 0 Å². The molecule has 0 unspecified atom stereocenters. The van der Waals surface area contributed by atoms with Crippen LogP contribution in [0.5, 0.6) is 5.75 Å². The highest BCUT2D eigenvalue weighted by Crippen LogP contribution is 2.65. The van der Waals surface area contributed by atoms with E-state index in [1.54, 1.807) is 0 Å². The van der Waals surface area contributed by atoms with Crippen molar-refractivity contribution in [2.24, 2.45) is 40.6 Å². The number of aromatic hydroxyl groups is 1. The zero-order valence-electron chi connectivity index (χ0n) is 13.9. The maximum atomic E-state index is 12.8. The van der Waals surface area contributed by atoms with Gasteiger partial charge in [0.15, 0.2) is 0 Å². The molecule has 0 radical (unpaired) electrons. The van der Waals surface area contributed by atoms with Gasteiger partial charge in [0.05, 0.1) is 27.4 Å². The molecule has 6 atom stereocenters. The first kappa shape index (κ1) is 16.6. The number of rotatable bonds is 3. The molecule has 138 valence electrons. The number of hydrazone groups is 1. The van der Waals surface area contributed by atoms with Crippen LogP contribution in [0.25, 0.3) is 0 Å². The lowest BCUT2D eigenvalue weighted by Gasteiger charge is -2.37. The number of amides is 2. The third-order valence-electron chi connectivity index (χ3n) is 6.24. The summed E-state index contributed by atoms with van der Waals surface area (Å²) in [6, 6.07) is 2.31. The summed E-state index contributed by atoms with van der Waals surface area (Å²) < 4.78 is 0.133. The molecule has 4 aliphatic carbocycles. The van der Waals surface area contributed by atoms with Gasteiger partial charge >= 0.3 is 0 Å². The molecule has 1 aromatic rings. The number of hydrogen-bond acceptors (Lipinski definition) is 6. The van der Waals surface area contributed by atoms with Crippen LogP contribution in [0, 0.1) is 45.6 Å². The first-order valence-electron chi connectivity index (χ1n) is 8.65. The number of imide groups is 1. The van der Waals surface area contributed by atoms with Crippen LogP contribution in [-0.4, -0.2) is 33.1 Å². The number of phenols is 1. The second kappa shape index (κ2) is 5.48. The van der Waals surface area contributed by atoms with Crippen LogP contribution in [0.2, 0.25) is 0 Å². The summed E-state index contributed by atoms with van der Waals surface area (Å²) in [5, 5.41) is 26.0. The van der Waals surface area contributed by atoms with Crippen molar-refractivity contribution in [3.63, 3.8) is 0 Å². The van der Waals surface area contributed by atoms with Crippen molar-refractivity contribution in [2.45, 2.75) is 6.42 Å². The summed E-state index contributed by atoms with van der Waals surface area (Å²) in [6.45, 7) is 0. The zero-order chi connectivity index (χ0) is 19.0. The normalized spacial score (nSPS) is 35.7. The molecule has 3 fully saturated rings. The van der Waals surface area contributed by atoms with E-state index in [2.05, 4.69) is 33.2 Å². The van der Waals surface area contributed by atoms with Crippen LogP contribution < -0.4 is 0 Å². The lowest BCUT2D eigenvalue weighted by atomic mass is 9.63. The van der Waals surface area contributed by atoms with Gasteiger partial charge in [0, 0.05) is 17.7 Å². The van der Waals surface area contributed by atoms with Crippen molar-refractivity contribution in [1.29, 1.82) is 0 Å². The van der Waals surface area contributed by atoms with Crippen molar-refractivity contribution in [3.05, 3.63) is 44.4 Å². The Bertz CT molecular complexity index is 938. The van der Waals surface area contributed by atoms with E-state index in [1.165, 1.54) is 6.07 Å². The molecule has 2 saturated carbocycles. The fourth-order valence-corrected chi connectivity index (χ4v) is 5.45. The Morgan fingerprint density at radius 3 is 2.33 bits per heavy atom. The maximum Gasteiger partial charge on any atom is 0.271 e. The lowest BCUT2D eigenvalue weighted by molar-refractivity contribution is -0.385. The summed E-state index contributed by atoms with van der Waals surface area (Å²) in [7, 11) is 0. The molecular formula is C18H14BrN3O5. The van der Waals surface area contributed by atoms with E-state index < -0.39 is 4.92 Å². The molecule has 1 saturated heterocycles. The van der Waals surface area contributed by atoms with Crippen LogP contribution in [-0.2, 0) is 9.59 Å². The van der Waals surface area contributed by atoms with E-state index >= 15 is 0 Å². The van der Waals surface area contributed by atoms with Gasteiger partial charge < -0.3 is 5.11 Å². The minimum absolute atomic E-state index is 0.0514. The number of nitrogens with zero attached hydrogens (tertiary/aromatic N) is 3. The van der Waals surface area contributed by atoms with Gasteiger partial charge in [0.25, 0.3) is 17.5 Å². The Hall–Kier alpha value is -2.55. The van der Waals surface area contributed by atoms with Crippen LogP contribution in [0.3, 0.4) is 0 Å². The monoisotopic (exact) mass is 431 g/mol. The van der Waals surface area contributed by atoms with E-state index in [0.717, 1.165) is 23.7 Å². The SMILES string of the molecule is O=C1[C@@H]2[C@@H]3C=C[C@H]([C@@H]4C[C@H]34)[C@@H]2C(=O)N1/N=C\c1cc([N+](=O)[O-])cc(Br)c1O. The molecule has 0 spiro atoms. The molecule has 8 nitrogen and oxygen atoms in total. The predicted molar refractivity (Wildman–Crippen MR) is 96.6 cm³/mol. The molecule has 2 amide bonds. The van der Waals surface area contributed by atoms with Gasteiger partial charge in [-0.3, -0.25) is 19.7 Å². The second-order valence-corrected chi connectivity index (χ2v) is 8.36. The molecule has 2 bridgehead atoms. The zero-order valence-corrected chi connectivity index (χ0v) is 15.4. The van der Waals surface area contributed by atoms with Gasteiger partial charge in [-0.1, -0.05) is 12.2 Å². The molecular weight excluding hydrogens is 418 g/mol. The van der Waals surface area contributed by atoms with Crippen molar-refractivity contribution in [2.75, 3.05) is 0 Å². The van der Waals surface area contributed by atoms with Crippen LogP contribution >= 0.6 is 15.9 Å². The number of carbonyl (C=O) groups excluding carboxylic acids is 2. The van der Waals surface area contributed by atoms with Gasteiger partial charge in [-0.15, -0.1) is 0 Å². The number of nitro benzene ring substituents is 1. The minimum atomic E-state index is -0.599. The highest BCUT2D eigenvalue weighted by Gasteiger charge is 2.67. The number of halogens is 1. The van der Waals surface area contributed by atoms with Gasteiger partial charge in [0.1, 0.15) is 5.75 Å². The highest BCUT2D eigenvalue weighted by molar-refractivity contribution is 9.10. The molecule has 0 aromatic heterocycles. The van der Waals surface area contributed by atoms with E-state index in [9.17, 15) is 24.8 Å². The Morgan fingerprint density at radius 1 is 1.19 bits per heavy atom. The Morgan fingerprint density at radius 2 is 1.78 bits per heavy atom. The Labute approximate surface area is 161 Å². The maximum absolute atomic E-state index is 12.8. The number of non-ortho nitro benzene ring substituents is 1. The number of allylic oxidation sites excluding steroid dienone is 2. The fourth-order valence-electron chi connectivity index (χ4n) is 4.98. The molecule has 1 aliphatic heterocycles. The van der Waals surface area contributed by atoms with Crippen molar-refractivity contribution in [1.82, 2.24) is 5.01 Å². The largest absolute Gasteiger partial charge is 0.506 e. The summed E-state index contributed by atoms with van der Waals surface area (Å²) in [4.78, 5) is 36.1. The van der Waals surface area contributed by atoms with Gasteiger partial charge in [-0.25, -0.2) is 0 Å². The number of nitro groups is 1. The third kappa shape index (κ3) is 2.24. The average molecular weight is 432 g/mol. The first-order chi connectivity index (χ1) is 12.9. The molecule has 1 aromatic carbocycles. The summed E-state index contributed by atoms with van der Waals surface area (Å²) in [6.07, 6.45) is 6.34. The molecule has 1 heterocycles. The molecule has 5 aliphatic rings. The number of phenolic OH excluding ortho intramolecular Hbond substituents is 1. The molecule has 1 N–H and O–H groups in total. The average Bonchev–Trinajstić information content (AvgIpc) is 3.42. The van der Waals surface area contributed by atoms with Crippen molar-refractivity contribution < 1.29 is 19.6 Å². The van der Waals surface area contributed by atoms with Gasteiger partial charge in [-0.2, -0.15) is 10.1 Å².